The van der Waals surface area contributed by atoms with Crippen LogP contribution >= 0.6 is 0 Å². The highest BCUT2D eigenvalue weighted by molar-refractivity contribution is 5.96. The standard InChI is InChI=1S/C14H16O2/c1-7-5-11-6-8(2)10(4)14(16)12(11)13(15)9(7)3/h5-6,15-16H,1-4H3. The van der Waals surface area contributed by atoms with Crippen LogP contribution in [-0.2, 0) is 0 Å². The monoisotopic (exact) mass is 216 g/mol. The Morgan fingerprint density at radius 1 is 0.750 bits per heavy atom. The second-order valence-electron chi connectivity index (χ2n) is 4.43. The molecule has 0 amide bonds. The van der Waals surface area contributed by atoms with E-state index in [0.717, 1.165) is 27.6 Å². The molecular weight excluding hydrogens is 200 g/mol. The van der Waals surface area contributed by atoms with Gasteiger partial charge in [0.2, 0.25) is 0 Å². The van der Waals surface area contributed by atoms with Crippen LogP contribution in [0.5, 0.6) is 11.5 Å². The normalized spacial score (nSPS) is 11.0. The summed E-state index contributed by atoms with van der Waals surface area (Å²) in [5, 5.41) is 21.6. The molecule has 0 aliphatic rings. The Kier molecular flexibility index (Phi) is 2.30. The molecule has 0 heterocycles. The van der Waals surface area contributed by atoms with Gasteiger partial charge in [0.05, 0.1) is 5.39 Å². The SMILES string of the molecule is Cc1cc2cc(C)c(C)c(O)c2c(O)c1C. The maximum atomic E-state index is 10.1. The van der Waals surface area contributed by atoms with Gasteiger partial charge in [-0.2, -0.15) is 0 Å². The molecule has 0 radical (unpaired) electrons. The summed E-state index contributed by atoms with van der Waals surface area (Å²) in [7, 11) is 0. The fourth-order valence-electron chi connectivity index (χ4n) is 2.00. The van der Waals surface area contributed by atoms with Crippen molar-refractivity contribution in [1.82, 2.24) is 0 Å². The second-order valence-corrected chi connectivity index (χ2v) is 4.43. The van der Waals surface area contributed by atoms with Crippen LogP contribution in [0.2, 0.25) is 0 Å². The number of aromatic hydroxyl groups is 2. The van der Waals surface area contributed by atoms with Gasteiger partial charge in [-0.05, 0) is 55.3 Å². The highest BCUT2D eigenvalue weighted by atomic mass is 16.3. The predicted octanol–water partition coefficient (Wildman–Crippen LogP) is 3.48. The van der Waals surface area contributed by atoms with E-state index in [-0.39, 0.29) is 11.5 Å². The third-order valence-electron chi connectivity index (χ3n) is 3.40. The largest absolute Gasteiger partial charge is 0.507 e. The minimum atomic E-state index is 0.190. The van der Waals surface area contributed by atoms with E-state index in [1.54, 1.807) is 0 Å². The van der Waals surface area contributed by atoms with E-state index in [2.05, 4.69) is 0 Å². The van der Waals surface area contributed by atoms with E-state index in [1.165, 1.54) is 0 Å². The van der Waals surface area contributed by atoms with Gasteiger partial charge in [-0.1, -0.05) is 12.1 Å². The first kappa shape index (κ1) is 10.8. The van der Waals surface area contributed by atoms with Crippen molar-refractivity contribution < 1.29 is 10.2 Å². The molecule has 2 nitrogen and oxygen atoms in total. The molecule has 0 bridgehead atoms. The van der Waals surface area contributed by atoms with Crippen LogP contribution in [0, 0.1) is 27.7 Å². The van der Waals surface area contributed by atoms with Crippen LogP contribution in [-0.4, -0.2) is 10.2 Å². The summed E-state index contributed by atoms with van der Waals surface area (Å²) in [6.07, 6.45) is 0. The molecule has 0 aliphatic heterocycles. The molecule has 0 saturated carbocycles. The number of phenols is 2. The molecule has 0 fully saturated rings. The van der Waals surface area contributed by atoms with Gasteiger partial charge in [0.15, 0.2) is 0 Å². The Labute approximate surface area is 95.2 Å². The van der Waals surface area contributed by atoms with Gasteiger partial charge in [0.1, 0.15) is 11.5 Å². The summed E-state index contributed by atoms with van der Waals surface area (Å²) in [5.74, 6) is 0.381. The lowest BCUT2D eigenvalue weighted by Crippen LogP contribution is -1.89. The average Bonchev–Trinajstić information content (AvgIpc) is 2.23. The van der Waals surface area contributed by atoms with Crippen LogP contribution in [0.25, 0.3) is 10.8 Å². The first-order chi connectivity index (χ1) is 7.43. The molecule has 0 atom stereocenters. The van der Waals surface area contributed by atoms with E-state index in [4.69, 9.17) is 0 Å². The quantitative estimate of drug-likeness (QED) is 0.707. The van der Waals surface area contributed by atoms with E-state index >= 15 is 0 Å². The molecule has 0 unspecified atom stereocenters. The first-order valence-electron chi connectivity index (χ1n) is 5.35. The maximum absolute atomic E-state index is 10.1. The van der Waals surface area contributed by atoms with Gasteiger partial charge in [0, 0.05) is 0 Å². The van der Waals surface area contributed by atoms with Crippen molar-refractivity contribution in [2.45, 2.75) is 27.7 Å². The van der Waals surface area contributed by atoms with Gasteiger partial charge in [0.25, 0.3) is 0 Å². The number of hydrogen-bond donors (Lipinski definition) is 2. The third kappa shape index (κ3) is 1.33. The Hall–Kier alpha value is -1.70. The number of rotatable bonds is 0. The van der Waals surface area contributed by atoms with Crippen molar-refractivity contribution in [3.05, 3.63) is 34.4 Å². The Bertz CT molecular complexity index is 535. The minimum Gasteiger partial charge on any atom is -0.507 e. The molecule has 0 aromatic heterocycles. The zero-order valence-corrected chi connectivity index (χ0v) is 10.0. The lowest BCUT2D eigenvalue weighted by Gasteiger charge is -2.13. The molecule has 2 aromatic rings. The van der Waals surface area contributed by atoms with Gasteiger partial charge in [-0.25, -0.2) is 0 Å². The number of fused-ring (bicyclic) bond motifs is 1. The average molecular weight is 216 g/mol. The van der Waals surface area contributed by atoms with Crippen LogP contribution in [0.3, 0.4) is 0 Å². The van der Waals surface area contributed by atoms with Gasteiger partial charge in [-0.3, -0.25) is 0 Å². The molecule has 0 spiro atoms. The molecular formula is C14H16O2. The lowest BCUT2D eigenvalue weighted by molar-refractivity contribution is 0.459. The molecule has 0 saturated heterocycles. The summed E-state index contributed by atoms with van der Waals surface area (Å²) in [6, 6.07) is 3.99. The molecule has 84 valence electrons. The van der Waals surface area contributed by atoms with Crippen molar-refractivity contribution in [3.63, 3.8) is 0 Å². The smallest absolute Gasteiger partial charge is 0.130 e. The second kappa shape index (κ2) is 3.41. The predicted molar refractivity (Wildman–Crippen MR) is 66.2 cm³/mol. The Morgan fingerprint density at radius 3 is 1.50 bits per heavy atom. The minimum absolute atomic E-state index is 0.190. The number of benzene rings is 2. The van der Waals surface area contributed by atoms with Crippen molar-refractivity contribution >= 4 is 10.8 Å². The fraction of sp³-hybridized carbons (Fsp3) is 0.286. The fourth-order valence-corrected chi connectivity index (χ4v) is 2.00. The topological polar surface area (TPSA) is 40.5 Å². The molecule has 0 aliphatic carbocycles. The number of phenolic OH excluding ortho intramolecular Hbond substituents is 2. The summed E-state index contributed by atoms with van der Waals surface area (Å²) in [5.41, 5.74) is 3.72. The molecule has 16 heavy (non-hydrogen) atoms. The van der Waals surface area contributed by atoms with Gasteiger partial charge < -0.3 is 10.2 Å². The molecule has 2 rings (SSSR count). The Morgan fingerprint density at radius 2 is 1.12 bits per heavy atom. The van der Waals surface area contributed by atoms with E-state index in [1.807, 2.05) is 39.8 Å². The summed E-state index contributed by atoms with van der Waals surface area (Å²) in [6.45, 7) is 7.64. The number of aryl methyl sites for hydroxylation is 2. The van der Waals surface area contributed by atoms with Crippen molar-refractivity contribution in [2.75, 3.05) is 0 Å². The zero-order chi connectivity index (χ0) is 12.0. The van der Waals surface area contributed by atoms with Crippen LogP contribution in [0.15, 0.2) is 12.1 Å². The molecule has 2 heteroatoms. The van der Waals surface area contributed by atoms with E-state index in [9.17, 15) is 10.2 Å². The van der Waals surface area contributed by atoms with E-state index in [0.29, 0.717) is 5.39 Å². The number of hydrogen-bond acceptors (Lipinski definition) is 2. The highest BCUT2D eigenvalue weighted by Gasteiger charge is 2.13. The van der Waals surface area contributed by atoms with Crippen LogP contribution in [0.1, 0.15) is 22.3 Å². The van der Waals surface area contributed by atoms with Gasteiger partial charge >= 0.3 is 0 Å². The van der Waals surface area contributed by atoms with Crippen LogP contribution < -0.4 is 0 Å². The van der Waals surface area contributed by atoms with Crippen LogP contribution in [0.4, 0.5) is 0 Å². The third-order valence-corrected chi connectivity index (χ3v) is 3.40. The highest BCUT2D eigenvalue weighted by Crippen LogP contribution is 2.39. The summed E-state index contributed by atoms with van der Waals surface area (Å²) in [4.78, 5) is 0. The lowest BCUT2D eigenvalue weighted by atomic mass is 9.96. The zero-order valence-electron chi connectivity index (χ0n) is 10.0. The molecule has 2 N–H and O–H groups in total. The summed E-state index contributed by atoms with van der Waals surface area (Å²) < 4.78 is 0. The maximum Gasteiger partial charge on any atom is 0.130 e. The Balaban J connectivity index is 3.03. The van der Waals surface area contributed by atoms with Crippen molar-refractivity contribution in [1.29, 1.82) is 0 Å². The molecule has 2 aromatic carbocycles. The first-order valence-corrected chi connectivity index (χ1v) is 5.35. The van der Waals surface area contributed by atoms with Crippen molar-refractivity contribution in [2.24, 2.45) is 0 Å². The summed E-state index contributed by atoms with van der Waals surface area (Å²) >= 11 is 0. The van der Waals surface area contributed by atoms with Gasteiger partial charge in [-0.15, -0.1) is 0 Å². The van der Waals surface area contributed by atoms with E-state index < -0.39 is 0 Å². The van der Waals surface area contributed by atoms with Crippen molar-refractivity contribution in [3.8, 4) is 11.5 Å².